The van der Waals surface area contributed by atoms with Crippen molar-refractivity contribution in [2.24, 2.45) is 0 Å². The third-order valence-electron chi connectivity index (χ3n) is 5.89. The van der Waals surface area contributed by atoms with Gasteiger partial charge in [-0.25, -0.2) is 9.97 Å². The van der Waals surface area contributed by atoms with E-state index in [4.69, 9.17) is 0 Å². The number of anilines is 2. The van der Waals surface area contributed by atoms with Gasteiger partial charge in [0.15, 0.2) is 0 Å². The van der Waals surface area contributed by atoms with Gasteiger partial charge < -0.3 is 15.3 Å². The minimum atomic E-state index is -4.47. The van der Waals surface area contributed by atoms with E-state index in [1.807, 2.05) is 13.0 Å². The maximum atomic E-state index is 13.0. The summed E-state index contributed by atoms with van der Waals surface area (Å²) in [7, 11) is 0. The molecule has 1 aliphatic rings. The monoisotopic (exact) mass is 471 g/mol. The van der Waals surface area contributed by atoms with E-state index in [0.717, 1.165) is 23.9 Å². The summed E-state index contributed by atoms with van der Waals surface area (Å²) in [6.07, 6.45) is -0.959. The molecule has 1 saturated heterocycles. The molecule has 0 bridgehead atoms. The summed E-state index contributed by atoms with van der Waals surface area (Å²) < 4.78 is 39.0. The Kier molecular flexibility index (Phi) is 6.26. The van der Waals surface area contributed by atoms with Crippen LogP contribution in [-0.4, -0.2) is 44.0 Å². The lowest BCUT2D eigenvalue weighted by Crippen LogP contribution is -2.44. The zero-order valence-electron chi connectivity index (χ0n) is 18.7. The topological polar surface area (TPSA) is 91.2 Å². The highest BCUT2D eigenvalue weighted by Gasteiger charge is 2.36. The molecule has 0 spiro atoms. The summed E-state index contributed by atoms with van der Waals surface area (Å²) in [5.74, 6) is 0.369. The van der Waals surface area contributed by atoms with Gasteiger partial charge in [-0.3, -0.25) is 9.78 Å². The van der Waals surface area contributed by atoms with Crippen molar-refractivity contribution in [1.29, 1.82) is 0 Å². The fourth-order valence-corrected chi connectivity index (χ4v) is 3.95. The van der Waals surface area contributed by atoms with E-state index in [-0.39, 0.29) is 11.7 Å². The molecule has 0 unspecified atom stereocenters. The molecule has 10 heteroatoms. The van der Waals surface area contributed by atoms with Gasteiger partial charge in [-0.05, 0) is 61.7 Å². The molecule has 1 fully saturated rings. The summed E-state index contributed by atoms with van der Waals surface area (Å²) in [6.45, 7) is 4.29. The van der Waals surface area contributed by atoms with Crippen LogP contribution >= 0.6 is 0 Å². The molecule has 34 heavy (non-hydrogen) atoms. The number of hydrogen-bond acceptors (Lipinski definition) is 6. The number of nitrogens with zero attached hydrogens (tertiary/aromatic N) is 4. The number of pyridine rings is 3. The fraction of sp³-hybridized carbons (Fsp3) is 0.333. The van der Waals surface area contributed by atoms with Crippen LogP contribution < -0.4 is 5.32 Å². The van der Waals surface area contributed by atoms with Crippen molar-refractivity contribution in [3.63, 3.8) is 0 Å². The van der Waals surface area contributed by atoms with Crippen LogP contribution in [0.2, 0.25) is 0 Å². The highest BCUT2D eigenvalue weighted by Crippen LogP contribution is 2.33. The molecular weight excluding hydrogens is 447 g/mol. The lowest BCUT2D eigenvalue weighted by Gasteiger charge is -2.37. The summed E-state index contributed by atoms with van der Waals surface area (Å²) in [6, 6.07) is 8.92. The second kappa shape index (κ2) is 9.02. The van der Waals surface area contributed by atoms with E-state index < -0.39 is 17.3 Å². The van der Waals surface area contributed by atoms with E-state index in [9.17, 15) is 23.1 Å². The van der Waals surface area contributed by atoms with Crippen molar-refractivity contribution in [2.45, 2.75) is 38.5 Å². The van der Waals surface area contributed by atoms with Crippen LogP contribution in [0.4, 0.5) is 24.8 Å². The number of nitrogens with one attached hydrogen (secondary N) is 1. The van der Waals surface area contributed by atoms with Gasteiger partial charge in [0.05, 0.1) is 17.0 Å². The lowest BCUT2D eigenvalue weighted by molar-refractivity contribution is -0.137. The van der Waals surface area contributed by atoms with Gasteiger partial charge in [-0.15, -0.1) is 0 Å². The molecule has 4 rings (SSSR count). The number of aryl methyl sites for hydroxylation is 1. The number of carbonyl (C=O) groups is 1. The number of halogens is 3. The Bertz CT molecular complexity index is 1190. The van der Waals surface area contributed by atoms with Gasteiger partial charge >= 0.3 is 6.18 Å². The van der Waals surface area contributed by atoms with Crippen molar-refractivity contribution in [2.75, 3.05) is 18.4 Å². The number of likely N-dealkylation sites (tertiary alicyclic amines) is 1. The summed E-state index contributed by atoms with van der Waals surface area (Å²) in [5, 5.41) is 13.9. The number of piperidine rings is 1. The average molecular weight is 471 g/mol. The summed E-state index contributed by atoms with van der Waals surface area (Å²) in [4.78, 5) is 26.1. The largest absolute Gasteiger partial charge is 0.416 e. The standard InChI is InChI=1S/C24H24F3N5O2/c1-15-11-19(30-22(12-15)31-21-13-18(5-8-28-21)24(25,26)27)17-3-4-20(29-14-17)23(34)6-9-32(10-7-23)16(2)33/h3-5,8,11-14,34H,6-7,9-10H2,1-2H3,(H,28,30,31). The predicted molar refractivity (Wildman–Crippen MR) is 120 cm³/mol. The number of hydrogen-bond donors (Lipinski definition) is 2. The molecule has 0 atom stereocenters. The number of alkyl halides is 3. The van der Waals surface area contributed by atoms with Gasteiger partial charge in [0.1, 0.15) is 17.2 Å². The van der Waals surface area contributed by atoms with E-state index >= 15 is 0 Å². The minimum absolute atomic E-state index is 0.0133. The molecule has 0 aliphatic carbocycles. The maximum absolute atomic E-state index is 13.0. The van der Waals surface area contributed by atoms with E-state index in [0.29, 0.717) is 48.7 Å². The molecule has 0 aromatic carbocycles. The second-order valence-electron chi connectivity index (χ2n) is 8.44. The summed E-state index contributed by atoms with van der Waals surface area (Å²) in [5.41, 5.74) is 0.734. The van der Waals surface area contributed by atoms with Gasteiger partial charge in [0, 0.05) is 38.0 Å². The molecule has 3 aromatic rings. The Hall–Kier alpha value is -3.53. The number of rotatable bonds is 4. The lowest BCUT2D eigenvalue weighted by atomic mass is 9.87. The highest BCUT2D eigenvalue weighted by atomic mass is 19.4. The van der Waals surface area contributed by atoms with Gasteiger partial charge in [0.25, 0.3) is 0 Å². The van der Waals surface area contributed by atoms with Crippen LogP contribution in [0, 0.1) is 6.92 Å². The van der Waals surface area contributed by atoms with Crippen LogP contribution in [0.15, 0.2) is 48.8 Å². The molecule has 0 radical (unpaired) electrons. The smallest absolute Gasteiger partial charge is 0.383 e. The third-order valence-corrected chi connectivity index (χ3v) is 5.89. The van der Waals surface area contributed by atoms with Gasteiger partial charge in [-0.2, -0.15) is 13.2 Å². The van der Waals surface area contributed by atoms with E-state index in [1.165, 1.54) is 6.92 Å². The van der Waals surface area contributed by atoms with Crippen molar-refractivity contribution >= 4 is 17.5 Å². The molecule has 4 heterocycles. The van der Waals surface area contributed by atoms with Crippen LogP contribution in [-0.2, 0) is 16.6 Å². The zero-order chi connectivity index (χ0) is 24.5. The predicted octanol–water partition coefficient (Wildman–Crippen LogP) is 4.44. The molecule has 7 nitrogen and oxygen atoms in total. The van der Waals surface area contributed by atoms with Gasteiger partial charge in [0.2, 0.25) is 5.91 Å². The van der Waals surface area contributed by atoms with Crippen molar-refractivity contribution in [3.8, 4) is 11.3 Å². The first-order valence-electron chi connectivity index (χ1n) is 10.8. The highest BCUT2D eigenvalue weighted by molar-refractivity contribution is 5.73. The first-order chi connectivity index (χ1) is 16.0. The zero-order valence-corrected chi connectivity index (χ0v) is 18.7. The number of aliphatic hydroxyl groups is 1. The molecule has 0 saturated carbocycles. The Morgan fingerprint density at radius 2 is 1.82 bits per heavy atom. The minimum Gasteiger partial charge on any atom is -0.383 e. The quantitative estimate of drug-likeness (QED) is 0.585. The molecule has 178 valence electrons. The Morgan fingerprint density at radius 1 is 1.09 bits per heavy atom. The molecule has 1 amide bonds. The van der Waals surface area contributed by atoms with Crippen molar-refractivity contribution < 1.29 is 23.1 Å². The molecule has 3 aromatic heterocycles. The van der Waals surface area contributed by atoms with Crippen LogP contribution in [0.25, 0.3) is 11.3 Å². The van der Waals surface area contributed by atoms with Crippen molar-refractivity contribution in [3.05, 3.63) is 65.6 Å². The van der Waals surface area contributed by atoms with Crippen LogP contribution in [0.1, 0.15) is 36.6 Å². The van der Waals surface area contributed by atoms with Crippen LogP contribution in [0.3, 0.4) is 0 Å². The SMILES string of the molecule is CC(=O)N1CCC(O)(c2ccc(-c3cc(C)cc(Nc4cc(C(F)(F)F)ccn4)n3)cn2)CC1. The Balaban J connectivity index is 1.54. The molecule has 2 N–H and O–H groups in total. The number of amides is 1. The fourth-order valence-electron chi connectivity index (χ4n) is 3.95. The van der Waals surface area contributed by atoms with E-state index in [2.05, 4.69) is 20.3 Å². The molecule has 1 aliphatic heterocycles. The van der Waals surface area contributed by atoms with Gasteiger partial charge in [-0.1, -0.05) is 0 Å². The first-order valence-corrected chi connectivity index (χ1v) is 10.8. The number of aromatic nitrogens is 3. The summed E-state index contributed by atoms with van der Waals surface area (Å²) >= 11 is 0. The van der Waals surface area contributed by atoms with E-state index in [1.54, 1.807) is 29.3 Å². The molecular formula is C24H24F3N5O2. The third kappa shape index (κ3) is 5.17. The second-order valence-corrected chi connectivity index (χ2v) is 8.44. The maximum Gasteiger partial charge on any atom is 0.416 e. The Labute approximate surface area is 194 Å². The number of carbonyl (C=O) groups excluding carboxylic acids is 1. The first kappa shape index (κ1) is 23.6. The normalized spacial score (nSPS) is 15.8. The average Bonchev–Trinajstić information content (AvgIpc) is 2.79. The van der Waals surface area contributed by atoms with Crippen molar-refractivity contribution in [1.82, 2.24) is 19.9 Å². The Morgan fingerprint density at radius 3 is 2.44 bits per heavy atom. The van der Waals surface area contributed by atoms with Crippen LogP contribution in [0.5, 0.6) is 0 Å².